The van der Waals surface area contributed by atoms with E-state index >= 15 is 0 Å². The number of nitrogen functional groups attached to an aromatic ring is 1. The van der Waals surface area contributed by atoms with Crippen LogP contribution < -0.4 is 5.73 Å². The third kappa shape index (κ3) is 0.862. The molecule has 0 aromatic carbocycles. The summed E-state index contributed by atoms with van der Waals surface area (Å²) in [6.07, 6.45) is -0.110. The fraction of sp³-hybridized carbons (Fsp3) is 0.600. The molecule has 1 aromatic rings. The Labute approximate surface area is 61.1 Å². The molecular weight excluding hydrogens is 153 g/mol. The molecule has 5 heteroatoms. The van der Waals surface area contributed by atoms with Crippen LogP contribution in [0.5, 0.6) is 0 Å². The van der Waals surface area contributed by atoms with Crippen molar-refractivity contribution >= 4 is 16.5 Å². The van der Waals surface area contributed by atoms with Gasteiger partial charge in [-0.15, -0.1) is 10.2 Å². The third-order valence-electron chi connectivity index (χ3n) is 1.49. The maximum absolute atomic E-state index is 12.4. The second kappa shape index (κ2) is 1.88. The van der Waals surface area contributed by atoms with E-state index in [-0.39, 0.29) is 5.92 Å². The van der Waals surface area contributed by atoms with E-state index in [4.69, 9.17) is 5.73 Å². The van der Waals surface area contributed by atoms with Crippen molar-refractivity contribution in [2.45, 2.75) is 18.5 Å². The lowest BCUT2D eigenvalue weighted by atomic mass is 10.5. The Morgan fingerprint density at radius 2 is 2.30 bits per heavy atom. The first-order valence-electron chi connectivity index (χ1n) is 3.00. The van der Waals surface area contributed by atoms with Crippen LogP contribution in [0.25, 0.3) is 0 Å². The molecule has 1 aliphatic rings. The number of halogens is 1. The molecule has 10 heavy (non-hydrogen) atoms. The average Bonchev–Trinajstić information content (AvgIpc) is 2.42. The van der Waals surface area contributed by atoms with E-state index in [1.54, 1.807) is 0 Å². The van der Waals surface area contributed by atoms with Gasteiger partial charge in [0.1, 0.15) is 11.2 Å². The summed E-state index contributed by atoms with van der Waals surface area (Å²) in [7, 11) is 0. The number of nitrogens with two attached hydrogens (primary N) is 1. The van der Waals surface area contributed by atoms with Gasteiger partial charge >= 0.3 is 0 Å². The molecule has 0 unspecified atom stereocenters. The van der Waals surface area contributed by atoms with Crippen LogP contribution in [0.3, 0.4) is 0 Å². The van der Waals surface area contributed by atoms with Crippen LogP contribution in [0.1, 0.15) is 17.3 Å². The van der Waals surface area contributed by atoms with Crippen LogP contribution in [0.15, 0.2) is 0 Å². The summed E-state index contributed by atoms with van der Waals surface area (Å²) in [5, 5.41) is 8.49. The Morgan fingerprint density at radius 1 is 1.60 bits per heavy atom. The molecule has 0 bridgehead atoms. The lowest BCUT2D eigenvalue weighted by molar-refractivity contribution is 0.467. The maximum Gasteiger partial charge on any atom is 0.203 e. The zero-order valence-corrected chi connectivity index (χ0v) is 5.94. The fourth-order valence-electron chi connectivity index (χ4n) is 0.816. The summed E-state index contributed by atoms with van der Waals surface area (Å²) in [4.78, 5) is 0. The molecule has 2 atom stereocenters. The van der Waals surface area contributed by atoms with Gasteiger partial charge in [0.2, 0.25) is 5.13 Å². The van der Waals surface area contributed by atoms with Crippen molar-refractivity contribution in [3.05, 3.63) is 5.01 Å². The van der Waals surface area contributed by atoms with Crippen LogP contribution in [-0.2, 0) is 0 Å². The Morgan fingerprint density at radius 3 is 2.70 bits per heavy atom. The molecule has 0 radical (unpaired) electrons. The Balaban J connectivity index is 2.20. The van der Waals surface area contributed by atoms with Gasteiger partial charge < -0.3 is 5.73 Å². The number of alkyl halides is 1. The van der Waals surface area contributed by atoms with Crippen LogP contribution >= 0.6 is 11.3 Å². The number of nitrogens with zero attached hydrogens (tertiary/aromatic N) is 2. The topological polar surface area (TPSA) is 51.8 Å². The van der Waals surface area contributed by atoms with Crippen molar-refractivity contribution in [2.75, 3.05) is 5.73 Å². The first kappa shape index (κ1) is 6.03. The molecule has 2 rings (SSSR count). The summed E-state index contributed by atoms with van der Waals surface area (Å²) >= 11 is 1.28. The van der Waals surface area contributed by atoms with Crippen molar-refractivity contribution in [2.24, 2.45) is 0 Å². The largest absolute Gasteiger partial charge is 0.374 e. The minimum absolute atomic E-state index is 0.00481. The van der Waals surface area contributed by atoms with Gasteiger partial charge in [-0.2, -0.15) is 0 Å². The summed E-state index contributed by atoms with van der Waals surface area (Å²) < 4.78 is 12.4. The predicted octanol–water partition coefficient (Wildman–Crippen LogP) is 0.946. The molecule has 3 nitrogen and oxygen atoms in total. The average molecular weight is 159 g/mol. The predicted molar refractivity (Wildman–Crippen MR) is 36.6 cm³/mol. The first-order chi connectivity index (χ1) is 4.77. The summed E-state index contributed by atoms with van der Waals surface area (Å²) in [6, 6.07) is 0. The summed E-state index contributed by atoms with van der Waals surface area (Å²) in [5.74, 6) is -0.00481. The standard InChI is InChI=1S/C5H6FN3S/c6-3-1-2(3)4-8-9-5(7)10-4/h2-3H,1H2,(H2,7,9)/t2-,3+/m0/s1. The normalized spacial score (nSPS) is 30.5. The van der Waals surface area contributed by atoms with Gasteiger partial charge in [0.15, 0.2) is 0 Å². The van der Waals surface area contributed by atoms with E-state index in [1.165, 1.54) is 11.3 Å². The van der Waals surface area contributed by atoms with Crippen molar-refractivity contribution in [1.82, 2.24) is 10.2 Å². The number of aromatic nitrogens is 2. The fourth-order valence-corrected chi connectivity index (χ4v) is 1.59. The SMILES string of the molecule is Nc1nnc([C@H]2C[C@H]2F)s1. The minimum Gasteiger partial charge on any atom is -0.374 e. The Kier molecular flexibility index (Phi) is 1.14. The van der Waals surface area contributed by atoms with Crippen molar-refractivity contribution in [1.29, 1.82) is 0 Å². The molecule has 0 saturated heterocycles. The molecule has 0 aliphatic heterocycles. The van der Waals surface area contributed by atoms with Crippen LogP contribution in [0.2, 0.25) is 0 Å². The van der Waals surface area contributed by atoms with E-state index in [9.17, 15) is 4.39 Å². The van der Waals surface area contributed by atoms with E-state index in [1.807, 2.05) is 0 Å². The Bertz CT molecular complexity index is 249. The first-order valence-corrected chi connectivity index (χ1v) is 3.82. The van der Waals surface area contributed by atoms with Gasteiger partial charge in [0, 0.05) is 5.92 Å². The lowest BCUT2D eigenvalue weighted by Crippen LogP contribution is -1.81. The molecule has 54 valence electrons. The summed E-state index contributed by atoms with van der Waals surface area (Å²) in [6.45, 7) is 0. The van der Waals surface area contributed by atoms with E-state index in [0.717, 1.165) is 5.01 Å². The van der Waals surface area contributed by atoms with Gasteiger partial charge in [0.25, 0.3) is 0 Å². The second-order valence-corrected chi connectivity index (χ2v) is 3.38. The molecular formula is C5H6FN3S. The second-order valence-electron chi connectivity index (χ2n) is 2.34. The highest BCUT2D eigenvalue weighted by atomic mass is 32.1. The van der Waals surface area contributed by atoms with Crippen LogP contribution in [0.4, 0.5) is 9.52 Å². The maximum atomic E-state index is 12.4. The molecule has 2 N–H and O–H groups in total. The number of hydrogen-bond donors (Lipinski definition) is 1. The van der Waals surface area contributed by atoms with E-state index < -0.39 is 6.17 Å². The molecule has 1 aliphatic carbocycles. The van der Waals surface area contributed by atoms with Gasteiger partial charge in [-0.1, -0.05) is 11.3 Å². The zero-order chi connectivity index (χ0) is 7.14. The molecule has 1 saturated carbocycles. The van der Waals surface area contributed by atoms with Gasteiger partial charge in [-0.3, -0.25) is 0 Å². The molecule has 0 spiro atoms. The van der Waals surface area contributed by atoms with E-state index in [2.05, 4.69) is 10.2 Å². The Hall–Kier alpha value is -0.710. The number of rotatable bonds is 1. The van der Waals surface area contributed by atoms with Crippen molar-refractivity contribution in [3.63, 3.8) is 0 Å². The molecule has 1 fully saturated rings. The quantitative estimate of drug-likeness (QED) is 0.663. The van der Waals surface area contributed by atoms with Crippen molar-refractivity contribution in [3.8, 4) is 0 Å². The van der Waals surface area contributed by atoms with Gasteiger partial charge in [-0.25, -0.2) is 4.39 Å². The monoisotopic (exact) mass is 159 g/mol. The van der Waals surface area contributed by atoms with Crippen molar-refractivity contribution < 1.29 is 4.39 Å². The number of anilines is 1. The summed E-state index contributed by atoms with van der Waals surface area (Å²) in [5.41, 5.74) is 5.31. The smallest absolute Gasteiger partial charge is 0.203 e. The highest BCUT2D eigenvalue weighted by Crippen LogP contribution is 2.44. The highest BCUT2D eigenvalue weighted by Gasteiger charge is 2.41. The van der Waals surface area contributed by atoms with E-state index in [0.29, 0.717) is 11.6 Å². The molecule has 1 heterocycles. The van der Waals surface area contributed by atoms with Crippen LogP contribution in [-0.4, -0.2) is 16.4 Å². The highest BCUT2D eigenvalue weighted by molar-refractivity contribution is 7.15. The van der Waals surface area contributed by atoms with Crippen LogP contribution in [0, 0.1) is 0 Å². The minimum atomic E-state index is -0.702. The van der Waals surface area contributed by atoms with Gasteiger partial charge in [0.05, 0.1) is 0 Å². The molecule has 0 amide bonds. The lowest BCUT2D eigenvalue weighted by Gasteiger charge is -1.81. The third-order valence-corrected chi connectivity index (χ3v) is 2.37. The molecule has 1 aromatic heterocycles. The van der Waals surface area contributed by atoms with Gasteiger partial charge in [-0.05, 0) is 6.42 Å². The zero-order valence-electron chi connectivity index (χ0n) is 5.12. The number of hydrogen-bond acceptors (Lipinski definition) is 4.